The molecular weight excluding hydrogens is 387 g/mol. The highest BCUT2D eigenvalue weighted by molar-refractivity contribution is 8.00. The van der Waals surface area contributed by atoms with Gasteiger partial charge in [-0.25, -0.2) is 4.98 Å². The van der Waals surface area contributed by atoms with Crippen LogP contribution in [0.15, 0.2) is 53.7 Å². The second-order valence-corrected chi connectivity index (χ2v) is 7.86. The Labute approximate surface area is 166 Å². The quantitative estimate of drug-likeness (QED) is 0.703. The summed E-state index contributed by atoms with van der Waals surface area (Å²) in [5.41, 5.74) is -3.22. The first-order valence-corrected chi connectivity index (χ1v) is 9.97. The fraction of sp³-hybridized carbons (Fsp3) is 0.400. The largest absolute Gasteiger partial charge is 0.447 e. The molecule has 0 radical (unpaired) electrons. The maximum atomic E-state index is 12.6. The molecular formula is C20H22F3N3OS. The molecule has 3 rings (SSSR count). The zero-order chi connectivity index (χ0) is 20.0. The smallest absolute Gasteiger partial charge is 0.352 e. The number of hydrogen-bond acceptors (Lipinski definition) is 4. The number of alkyl halides is 3. The molecule has 1 amide bonds. The van der Waals surface area contributed by atoms with E-state index in [1.807, 2.05) is 18.2 Å². The molecule has 8 heteroatoms. The van der Waals surface area contributed by atoms with Crippen molar-refractivity contribution in [1.29, 1.82) is 0 Å². The number of amides is 1. The molecule has 1 saturated heterocycles. The van der Waals surface area contributed by atoms with Crippen LogP contribution in [0.3, 0.4) is 0 Å². The number of benzene rings is 1. The normalized spacial score (nSPS) is 17.6. The van der Waals surface area contributed by atoms with Crippen molar-refractivity contribution in [3.8, 4) is 0 Å². The summed E-state index contributed by atoms with van der Waals surface area (Å²) in [5.74, 6) is -0.210. The molecule has 1 N–H and O–H groups in total. The molecule has 150 valence electrons. The van der Waals surface area contributed by atoms with Crippen molar-refractivity contribution in [2.45, 2.75) is 23.4 Å². The van der Waals surface area contributed by atoms with E-state index in [1.165, 1.54) is 23.9 Å². The van der Waals surface area contributed by atoms with Crippen molar-refractivity contribution in [2.24, 2.45) is 5.92 Å². The number of hydrogen-bond donors (Lipinski definition) is 1. The van der Waals surface area contributed by atoms with E-state index in [9.17, 15) is 18.0 Å². The second-order valence-electron chi connectivity index (χ2n) is 6.80. The van der Waals surface area contributed by atoms with Crippen LogP contribution in [0, 0.1) is 5.92 Å². The van der Waals surface area contributed by atoms with Gasteiger partial charge in [-0.1, -0.05) is 30.3 Å². The van der Waals surface area contributed by atoms with Crippen LogP contribution in [-0.2, 0) is 6.42 Å². The molecule has 0 saturated carbocycles. The third-order valence-electron chi connectivity index (χ3n) is 4.71. The average Bonchev–Trinajstić information content (AvgIpc) is 3.12. The number of nitrogens with zero attached hydrogens (tertiary/aromatic N) is 2. The summed E-state index contributed by atoms with van der Waals surface area (Å²) in [6.07, 6.45) is 3.20. The summed E-state index contributed by atoms with van der Waals surface area (Å²) in [6, 6.07) is 13.1. The Morgan fingerprint density at radius 1 is 1.21 bits per heavy atom. The summed E-state index contributed by atoms with van der Waals surface area (Å²) >= 11 is -0.361. The molecule has 1 aliphatic rings. The number of carbonyl (C=O) groups excluding carboxylic acids is 1. The highest BCUT2D eigenvalue weighted by Crippen LogP contribution is 2.37. The highest BCUT2D eigenvalue weighted by atomic mass is 32.2. The Bertz CT molecular complexity index is 786. The number of halogens is 3. The van der Waals surface area contributed by atoms with E-state index in [-0.39, 0.29) is 22.4 Å². The van der Waals surface area contributed by atoms with E-state index in [0.29, 0.717) is 12.5 Å². The van der Waals surface area contributed by atoms with Gasteiger partial charge in [-0.15, -0.1) is 0 Å². The third kappa shape index (κ3) is 6.24. The second kappa shape index (κ2) is 9.43. The van der Waals surface area contributed by atoms with E-state index < -0.39 is 11.4 Å². The van der Waals surface area contributed by atoms with Gasteiger partial charge in [0, 0.05) is 37.6 Å². The van der Waals surface area contributed by atoms with Gasteiger partial charge in [-0.2, -0.15) is 13.2 Å². The summed E-state index contributed by atoms with van der Waals surface area (Å²) in [5, 5.41) is 2.46. The Morgan fingerprint density at radius 3 is 2.75 bits per heavy atom. The first kappa shape index (κ1) is 20.7. The lowest BCUT2D eigenvalue weighted by atomic mass is 10.1. The van der Waals surface area contributed by atoms with Crippen molar-refractivity contribution in [1.82, 2.24) is 15.2 Å². The number of likely N-dealkylation sites (tertiary alicyclic amines) is 1. The van der Waals surface area contributed by atoms with Crippen LogP contribution in [0.4, 0.5) is 13.2 Å². The Balaban J connectivity index is 1.47. The van der Waals surface area contributed by atoms with Gasteiger partial charge >= 0.3 is 5.51 Å². The average molecular weight is 409 g/mol. The minimum atomic E-state index is -4.48. The molecule has 1 atom stereocenters. The summed E-state index contributed by atoms with van der Waals surface area (Å²) in [6.45, 7) is 3.26. The Morgan fingerprint density at radius 2 is 2.00 bits per heavy atom. The minimum Gasteiger partial charge on any atom is -0.352 e. The number of rotatable bonds is 7. The van der Waals surface area contributed by atoms with Crippen LogP contribution < -0.4 is 5.32 Å². The van der Waals surface area contributed by atoms with Crippen molar-refractivity contribution in [3.05, 3.63) is 59.8 Å². The fourth-order valence-electron chi connectivity index (χ4n) is 3.30. The zero-order valence-electron chi connectivity index (χ0n) is 15.3. The Hall–Kier alpha value is -2.06. The van der Waals surface area contributed by atoms with E-state index in [0.717, 1.165) is 32.5 Å². The molecule has 0 aliphatic carbocycles. The molecule has 1 unspecified atom stereocenters. The number of pyridine rings is 1. The lowest BCUT2D eigenvalue weighted by Gasteiger charge is -2.16. The van der Waals surface area contributed by atoms with E-state index in [4.69, 9.17) is 0 Å². The zero-order valence-corrected chi connectivity index (χ0v) is 16.1. The predicted molar refractivity (Wildman–Crippen MR) is 103 cm³/mol. The van der Waals surface area contributed by atoms with Crippen LogP contribution in [0.5, 0.6) is 0 Å². The number of aromatic nitrogens is 1. The van der Waals surface area contributed by atoms with Gasteiger partial charge in [0.05, 0.1) is 5.56 Å². The van der Waals surface area contributed by atoms with Crippen LogP contribution in [0.25, 0.3) is 0 Å². The van der Waals surface area contributed by atoms with Gasteiger partial charge in [0.2, 0.25) is 0 Å². The van der Waals surface area contributed by atoms with E-state index in [2.05, 4.69) is 27.3 Å². The summed E-state index contributed by atoms with van der Waals surface area (Å²) in [4.78, 5) is 18.4. The van der Waals surface area contributed by atoms with Gasteiger partial charge < -0.3 is 10.2 Å². The van der Waals surface area contributed by atoms with Crippen LogP contribution in [0.1, 0.15) is 22.3 Å². The highest BCUT2D eigenvalue weighted by Gasteiger charge is 2.32. The monoisotopic (exact) mass is 409 g/mol. The minimum absolute atomic E-state index is 0.0382. The maximum Gasteiger partial charge on any atom is 0.447 e. The first-order chi connectivity index (χ1) is 13.4. The maximum absolute atomic E-state index is 12.6. The van der Waals surface area contributed by atoms with E-state index >= 15 is 0 Å². The molecule has 4 nitrogen and oxygen atoms in total. The molecule has 1 fully saturated rings. The standard InChI is InChI=1S/C20H22F3N3OS/c21-20(22,23)28-19-17(7-4-10-24-19)18(27)25-13-16-9-12-26(14-16)11-8-15-5-2-1-3-6-15/h1-7,10,16H,8-9,11-14H2,(H,25,27). The number of carbonyl (C=O) groups is 1. The fourth-order valence-corrected chi connectivity index (χ4v) is 3.90. The first-order valence-electron chi connectivity index (χ1n) is 9.16. The molecule has 1 aromatic carbocycles. The summed E-state index contributed by atoms with van der Waals surface area (Å²) < 4.78 is 37.9. The van der Waals surface area contributed by atoms with Gasteiger partial charge in [0.15, 0.2) is 0 Å². The summed E-state index contributed by atoms with van der Waals surface area (Å²) in [7, 11) is 0. The van der Waals surface area contributed by atoms with Crippen LogP contribution in [0.2, 0.25) is 0 Å². The van der Waals surface area contributed by atoms with Crippen LogP contribution >= 0.6 is 11.8 Å². The van der Waals surface area contributed by atoms with Crippen molar-refractivity contribution in [3.63, 3.8) is 0 Å². The third-order valence-corrected chi connectivity index (χ3v) is 5.46. The van der Waals surface area contributed by atoms with Crippen molar-refractivity contribution in [2.75, 3.05) is 26.2 Å². The lowest BCUT2D eigenvalue weighted by Crippen LogP contribution is -2.32. The van der Waals surface area contributed by atoms with Gasteiger partial charge in [0.1, 0.15) is 5.03 Å². The van der Waals surface area contributed by atoms with Gasteiger partial charge in [-0.05, 0) is 43.0 Å². The topological polar surface area (TPSA) is 45.2 Å². The van der Waals surface area contributed by atoms with Crippen molar-refractivity contribution < 1.29 is 18.0 Å². The molecule has 1 aromatic heterocycles. The molecule has 0 bridgehead atoms. The molecule has 2 heterocycles. The Kier molecular flexibility index (Phi) is 6.96. The van der Waals surface area contributed by atoms with E-state index in [1.54, 1.807) is 0 Å². The van der Waals surface area contributed by atoms with Gasteiger partial charge in [-0.3, -0.25) is 4.79 Å². The molecule has 1 aliphatic heterocycles. The van der Waals surface area contributed by atoms with Crippen molar-refractivity contribution >= 4 is 17.7 Å². The van der Waals surface area contributed by atoms with Crippen LogP contribution in [-0.4, -0.2) is 47.5 Å². The predicted octanol–water partition coefficient (Wildman–Crippen LogP) is 3.99. The molecule has 28 heavy (non-hydrogen) atoms. The van der Waals surface area contributed by atoms with Gasteiger partial charge in [0.25, 0.3) is 5.91 Å². The number of thioether (sulfide) groups is 1. The molecule has 0 spiro atoms. The lowest BCUT2D eigenvalue weighted by molar-refractivity contribution is -0.0329. The number of nitrogens with one attached hydrogen (secondary N) is 1. The SMILES string of the molecule is O=C(NCC1CCN(CCc2ccccc2)C1)c1cccnc1SC(F)(F)F. The molecule has 2 aromatic rings.